The molecule has 0 saturated carbocycles. The van der Waals surface area contributed by atoms with Crippen molar-refractivity contribution >= 4 is 5.91 Å². The van der Waals surface area contributed by atoms with E-state index in [0.717, 1.165) is 4.90 Å². The summed E-state index contributed by atoms with van der Waals surface area (Å²) in [4.78, 5) is 12.4. The molecule has 74 valence electrons. The van der Waals surface area contributed by atoms with E-state index in [-0.39, 0.29) is 6.61 Å². The van der Waals surface area contributed by atoms with Crippen LogP contribution in [-0.4, -0.2) is 35.1 Å². The molecular weight excluding hydrogens is 180 g/mol. The molecule has 2 fully saturated rings. The van der Waals surface area contributed by atoms with Crippen LogP contribution in [0.25, 0.3) is 0 Å². The second-order valence-corrected chi connectivity index (χ2v) is 4.00. The van der Waals surface area contributed by atoms with Crippen LogP contribution in [0.4, 0.5) is 8.78 Å². The molecule has 0 bridgehead atoms. The van der Waals surface area contributed by atoms with Crippen LogP contribution in [0.1, 0.15) is 20.3 Å². The molecule has 13 heavy (non-hydrogen) atoms. The standard InChI is InChI=1S/C8H11F2NO2/c1-7(2)11-5(4-13-7)3-8(9,10)6(11)12/h5H,3-4H2,1-2H3. The summed E-state index contributed by atoms with van der Waals surface area (Å²) in [5.41, 5.74) is -0.873. The molecule has 2 aliphatic rings. The Morgan fingerprint density at radius 1 is 1.54 bits per heavy atom. The number of hydrogen-bond donors (Lipinski definition) is 0. The molecule has 0 aromatic heterocycles. The van der Waals surface area contributed by atoms with Gasteiger partial charge < -0.3 is 9.64 Å². The minimum absolute atomic E-state index is 0.217. The average molecular weight is 191 g/mol. The maximum Gasteiger partial charge on any atom is 0.326 e. The third kappa shape index (κ3) is 1.06. The first kappa shape index (κ1) is 8.87. The second-order valence-electron chi connectivity index (χ2n) is 4.00. The monoisotopic (exact) mass is 191 g/mol. The molecule has 0 spiro atoms. The average Bonchev–Trinajstić information content (AvgIpc) is 2.35. The van der Waals surface area contributed by atoms with Crippen LogP contribution >= 0.6 is 0 Å². The Morgan fingerprint density at radius 3 is 2.69 bits per heavy atom. The summed E-state index contributed by atoms with van der Waals surface area (Å²) in [5.74, 6) is -4.29. The molecule has 2 saturated heterocycles. The minimum Gasteiger partial charge on any atom is -0.354 e. The number of rotatable bonds is 0. The summed E-state index contributed by atoms with van der Waals surface area (Å²) in [6, 6.07) is -0.447. The van der Waals surface area contributed by atoms with Gasteiger partial charge >= 0.3 is 5.92 Å². The number of alkyl halides is 2. The van der Waals surface area contributed by atoms with Crippen molar-refractivity contribution < 1.29 is 18.3 Å². The molecular formula is C8H11F2NO2. The molecule has 0 aliphatic carbocycles. The van der Waals surface area contributed by atoms with Gasteiger partial charge in [0.25, 0.3) is 5.91 Å². The Balaban J connectivity index is 2.32. The van der Waals surface area contributed by atoms with Crippen LogP contribution in [-0.2, 0) is 9.53 Å². The molecule has 1 amide bonds. The molecule has 0 N–H and O–H groups in total. The minimum atomic E-state index is -3.19. The molecule has 3 nitrogen and oxygen atoms in total. The molecule has 1 atom stereocenters. The van der Waals surface area contributed by atoms with Gasteiger partial charge in [0.15, 0.2) is 0 Å². The van der Waals surface area contributed by atoms with Gasteiger partial charge in [0, 0.05) is 6.42 Å². The van der Waals surface area contributed by atoms with E-state index in [1.54, 1.807) is 13.8 Å². The first-order valence-corrected chi connectivity index (χ1v) is 4.20. The van der Waals surface area contributed by atoms with Crippen LogP contribution in [0.5, 0.6) is 0 Å². The predicted molar refractivity (Wildman–Crippen MR) is 40.2 cm³/mol. The largest absolute Gasteiger partial charge is 0.354 e. The molecule has 0 radical (unpaired) electrons. The Labute approximate surface area is 74.6 Å². The van der Waals surface area contributed by atoms with Crippen molar-refractivity contribution in [2.45, 2.75) is 38.0 Å². The van der Waals surface area contributed by atoms with Crippen molar-refractivity contribution in [2.24, 2.45) is 0 Å². The lowest BCUT2D eigenvalue weighted by Gasteiger charge is -2.29. The zero-order chi connectivity index (χ0) is 9.85. The van der Waals surface area contributed by atoms with Crippen molar-refractivity contribution in [3.8, 4) is 0 Å². The van der Waals surface area contributed by atoms with E-state index >= 15 is 0 Å². The van der Waals surface area contributed by atoms with Crippen LogP contribution in [0.2, 0.25) is 0 Å². The molecule has 0 aromatic rings. The van der Waals surface area contributed by atoms with E-state index in [0.29, 0.717) is 0 Å². The van der Waals surface area contributed by atoms with E-state index < -0.39 is 30.0 Å². The predicted octanol–water partition coefficient (Wildman–Crippen LogP) is 0.989. The smallest absolute Gasteiger partial charge is 0.326 e. The van der Waals surface area contributed by atoms with Gasteiger partial charge in [-0.15, -0.1) is 0 Å². The number of ether oxygens (including phenoxy) is 1. The van der Waals surface area contributed by atoms with Gasteiger partial charge in [-0.2, -0.15) is 8.78 Å². The highest BCUT2D eigenvalue weighted by Gasteiger charge is 2.60. The highest BCUT2D eigenvalue weighted by atomic mass is 19.3. The fourth-order valence-corrected chi connectivity index (χ4v) is 2.00. The Morgan fingerprint density at radius 2 is 2.15 bits per heavy atom. The van der Waals surface area contributed by atoms with Gasteiger partial charge in [-0.1, -0.05) is 0 Å². The summed E-state index contributed by atoms with van der Waals surface area (Å²) >= 11 is 0. The fraction of sp³-hybridized carbons (Fsp3) is 0.875. The van der Waals surface area contributed by atoms with Gasteiger partial charge in [0.1, 0.15) is 5.72 Å². The first-order chi connectivity index (χ1) is 5.84. The first-order valence-electron chi connectivity index (χ1n) is 4.20. The van der Waals surface area contributed by atoms with E-state index in [4.69, 9.17) is 4.74 Å². The number of nitrogens with zero attached hydrogens (tertiary/aromatic N) is 1. The lowest BCUT2D eigenvalue weighted by Crippen LogP contribution is -2.46. The lowest BCUT2D eigenvalue weighted by molar-refractivity contribution is -0.161. The van der Waals surface area contributed by atoms with Crippen LogP contribution in [0.15, 0.2) is 0 Å². The maximum atomic E-state index is 13.0. The highest BCUT2D eigenvalue weighted by molar-refractivity contribution is 5.87. The molecule has 2 aliphatic heterocycles. The van der Waals surface area contributed by atoms with Gasteiger partial charge in [0.2, 0.25) is 0 Å². The zero-order valence-electron chi connectivity index (χ0n) is 7.51. The third-order valence-electron chi connectivity index (χ3n) is 2.60. The number of fused-ring (bicyclic) bond motifs is 1. The third-order valence-corrected chi connectivity index (χ3v) is 2.60. The highest BCUT2D eigenvalue weighted by Crippen LogP contribution is 2.42. The van der Waals surface area contributed by atoms with Crippen molar-refractivity contribution in [1.29, 1.82) is 0 Å². The number of hydrogen-bond acceptors (Lipinski definition) is 2. The fourth-order valence-electron chi connectivity index (χ4n) is 2.00. The Kier molecular flexibility index (Phi) is 1.50. The maximum absolute atomic E-state index is 13.0. The zero-order valence-corrected chi connectivity index (χ0v) is 7.51. The summed E-state index contributed by atoms with van der Waals surface area (Å²) in [7, 11) is 0. The molecule has 2 rings (SSSR count). The molecule has 2 heterocycles. The lowest BCUT2D eigenvalue weighted by atomic mass is 10.2. The van der Waals surface area contributed by atoms with Crippen LogP contribution in [0, 0.1) is 0 Å². The normalized spacial score (nSPS) is 35.2. The number of halogens is 2. The van der Waals surface area contributed by atoms with Gasteiger partial charge in [0.05, 0.1) is 12.6 Å². The van der Waals surface area contributed by atoms with Gasteiger partial charge in [-0.05, 0) is 13.8 Å². The van der Waals surface area contributed by atoms with Gasteiger partial charge in [-0.3, -0.25) is 4.79 Å². The van der Waals surface area contributed by atoms with E-state index in [1.807, 2.05) is 0 Å². The second kappa shape index (κ2) is 2.20. The molecule has 0 aromatic carbocycles. The number of carbonyl (C=O) groups is 1. The Hall–Kier alpha value is -0.710. The van der Waals surface area contributed by atoms with Gasteiger partial charge in [-0.25, -0.2) is 0 Å². The van der Waals surface area contributed by atoms with Crippen LogP contribution in [0.3, 0.4) is 0 Å². The summed E-state index contributed by atoms with van der Waals surface area (Å²) in [5, 5.41) is 0. The summed E-state index contributed by atoms with van der Waals surface area (Å²) in [6.45, 7) is 3.48. The SMILES string of the molecule is CC1(C)OCC2CC(F)(F)C(=O)N21. The number of carbonyl (C=O) groups excluding carboxylic acids is 1. The van der Waals surface area contributed by atoms with Crippen molar-refractivity contribution in [3.63, 3.8) is 0 Å². The van der Waals surface area contributed by atoms with Crippen molar-refractivity contribution in [3.05, 3.63) is 0 Å². The van der Waals surface area contributed by atoms with E-state index in [2.05, 4.69) is 0 Å². The van der Waals surface area contributed by atoms with Crippen LogP contribution < -0.4 is 0 Å². The summed E-state index contributed by atoms with van der Waals surface area (Å²) < 4.78 is 31.2. The van der Waals surface area contributed by atoms with Crippen molar-refractivity contribution in [2.75, 3.05) is 6.61 Å². The summed E-state index contributed by atoms with van der Waals surface area (Å²) in [6.07, 6.45) is -0.407. The Bertz CT molecular complexity index is 265. The molecule has 5 heteroatoms. The quantitative estimate of drug-likeness (QED) is 0.571. The molecule has 1 unspecified atom stereocenters. The number of amides is 1. The topological polar surface area (TPSA) is 29.5 Å². The van der Waals surface area contributed by atoms with E-state index in [1.165, 1.54) is 0 Å². The van der Waals surface area contributed by atoms with Crippen molar-refractivity contribution in [1.82, 2.24) is 4.90 Å². The van der Waals surface area contributed by atoms with E-state index in [9.17, 15) is 13.6 Å².